The van der Waals surface area contributed by atoms with E-state index in [2.05, 4.69) is 0 Å². The maximum atomic E-state index is 13.3. The van der Waals surface area contributed by atoms with E-state index in [0.717, 1.165) is 17.5 Å². The molecule has 0 saturated carbocycles. The molecule has 2 atom stereocenters. The van der Waals surface area contributed by atoms with E-state index in [1.165, 1.54) is 4.90 Å². The Balaban J connectivity index is 1.62. The summed E-state index contributed by atoms with van der Waals surface area (Å²) in [6.07, 6.45) is 1.95. The van der Waals surface area contributed by atoms with Gasteiger partial charge in [-0.3, -0.25) is 9.59 Å². The number of rotatable bonds is 7. The molecule has 0 aromatic heterocycles. The van der Waals surface area contributed by atoms with E-state index in [0.29, 0.717) is 30.9 Å². The van der Waals surface area contributed by atoms with Crippen LogP contribution in [0.1, 0.15) is 24.0 Å². The third-order valence-electron chi connectivity index (χ3n) is 6.22. The Morgan fingerprint density at radius 1 is 1.03 bits per heavy atom. The first-order chi connectivity index (χ1) is 15.0. The van der Waals surface area contributed by atoms with Crippen molar-refractivity contribution in [2.45, 2.75) is 37.5 Å². The first-order valence-corrected chi connectivity index (χ1v) is 10.6. The summed E-state index contributed by atoms with van der Waals surface area (Å²) in [5, 5.41) is 11.6. The summed E-state index contributed by atoms with van der Waals surface area (Å²) < 4.78 is 10.7. The summed E-state index contributed by atoms with van der Waals surface area (Å²) in [7, 11) is 3.15. The Morgan fingerprint density at radius 3 is 2.48 bits per heavy atom. The average molecular weight is 424 g/mol. The summed E-state index contributed by atoms with van der Waals surface area (Å²) in [6.45, 7) is 0.740. The zero-order valence-corrected chi connectivity index (χ0v) is 17.9. The molecule has 1 unspecified atom stereocenters. The van der Waals surface area contributed by atoms with Gasteiger partial charge >= 0.3 is 0 Å². The molecule has 2 aromatic carbocycles. The lowest BCUT2D eigenvalue weighted by Crippen LogP contribution is -2.71. The van der Waals surface area contributed by atoms with E-state index in [4.69, 9.17) is 9.47 Å². The second-order valence-electron chi connectivity index (χ2n) is 8.06. The Hall–Kier alpha value is -3.06. The number of fused-ring (bicyclic) bond motifs is 1. The molecule has 2 saturated heterocycles. The molecular formula is C24H28N2O5. The molecule has 2 heterocycles. The zero-order valence-electron chi connectivity index (χ0n) is 17.9. The molecule has 2 aliphatic rings. The van der Waals surface area contributed by atoms with Gasteiger partial charge in [0.05, 0.1) is 14.2 Å². The Morgan fingerprint density at radius 2 is 1.77 bits per heavy atom. The minimum absolute atomic E-state index is 0.0631. The summed E-state index contributed by atoms with van der Waals surface area (Å²) in [4.78, 5) is 29.6. The monoisotopic (exact) mass is 424 g/mol. The van der Waals surface area contributed by atoms with Gasteiger partial charge < -0.3 is 24.4 Å². The fourth-order valence-corrected chi connectivity index (χ4v) is 4.60. The molecule has 0 spiro atoms. The molecule has 0 aliphatic carbocycles. The van der Waals surface area contributed by atoms with Gasteiger partial charge in [0.1, 0.15) is 6.04 Å². The van der Waals surface area contributed by atoms with E-state index in [-0.39, 0.29) is 24.8 Å². The van der Waals surface area contributed by atoms with Gasteiger partial charge in [0, 0.05) is 19.5 Å². The van der Waals surface area contributed by atoms with Crippen molar-refractivity contribution in [2.75, 3.05) is 27.3 Å². The van der Waals surface area contributed by atoms with Crippen LogP contribution in [0.25, 0.3) is 0 Å². The van der Waals surface area contributed by atoms with Gasteiger partial charge in [-0.25, -0.2) is 0 Å². The standard InChI is InChI=1S/C24H28N2O5/c1-30-20-11-10-17(15-21(20)31-2)12-14-26-22(27)19-9-6-13-25(19)23(28)24(26,29)16-18-7-4-3-5-8-18/h3-5,7-8,10-11,15,19,29H,6,9,12-14,16H2,1-2H3/t19-,24?/m0/s1. The lowest BCUT2D eigenvalue weighted by Gasteiger charge is -2.47. The molecular weight excluding hydrogens is 396 g/mol. The van der Waals surface area contributed by atoms with Crippen LogP contribution in [0, 0.1) is 0 Å². The number of carbonyl (C=O) groups excluding carboxylic acids is 2. The number of piperazine rings is 1. The molecule has 164 valence electrons. The van der Waals surface area contributed by atoms with Crippen molar-refractivity contribution in [1.29, 1.82) is 0 Å². The van der Waals surface area contributed by atoms with Crippen molar-refractivity contribution >= 4 is 11.8 Å². The number of amides is 2. The largest absolute Gasteiger partial charge is 0.493 e. The van der Waals surface area contributed by atoms with E-state index in [1.54, 1.807) is 19.1 Å². The van der Waals surface area contributed by atoms with Crippen molar-refractivity contribution in [1.82, 2.24) is 9.80 Å². The van der Waals surface area contributed by atoms with Crippen LogP contribution >= 0.6 is 0 Å². The van der Waals surface area contributed by atoms with Crippen molar-refractivity contribution in [3.63, 3.8) is 0 Å². The molecule has 2 aromatic rings. The SMILES string of the molecule is COc1ccc(CCN2C(=O)[C@@H]3CCCN3C(=O)C2(O)Cc2ccccc2)cc1OC. The van der Waals surface area contributed by atoms with Crippen LogP contribution in [0.15, 0.2) is 48.5 Å². The number of carbonyl (C=O) groups is 2. The van der Waals surface area contributed by atoms with Crippen LogP contribution in [0.2, 0.25) is 0 Å². The van der Waals surface area contributed by atoms with Gasteiger partial charge in [-0.2, -0.15) is 0 Å². The number of aliphatic hydroxyl groups is 1. The summed E-state index contributed by atoms with van der Waals surface area (Å²) in [6, 6.07) is 14.4. The lowest BCUT2D eigenvalue weighted by molar-refractivity contribution is -0.197. The first-order valence-electron chi connectivity index (χ1n) is 10.6. The van der Waals surface area contributed by atoms with Crippen molar-refractivity contribution in [2.24, 2.45) is 0 Å². The maximum Gasteiger partial charge on any atom is 0.277 e. The molecule has 0 radical (unpaired) electrons. The number of ether oxygens (including phenoxy) is 2. The lowest BCUT2D eigenvalue weighted by atomic mass is 9.94. The number of hydrogen-bond acceptors (Lipinski definition) is 5. The van der Waals surface area contributed by atoms with Crippen LogP contribution in [-0.4, -0.2) is 65.8 Å². The number of hydrogen-bond donors (Lipinski definition) is 1. The van der Waals surface area contributed by atoms with E-state index >= 15 is 0 Å². The van der Waals surface area contributed by atoms with E-state index < -0.39 is 11.8 Å². The Bertz CT molecular complexity index is 964. The van der Waals surface area contributed by atoms with Crippen LogP contribution in [0.5, 0.6) is 11.5 Å². The molecule has 1 N–H and O–H groups in total. The topological polar surface area (TPSA) is 79.3 Å². The highest BCUT2D eigenvalue weighted by atomic mass is 16.5. The number of benzene rings is 2. The van der Waals surface area contributed by atoms with Crippen LogP contribution in [0.3, 0.4) is 0 Å². The third kappa shape index (κ3) is 3.85. The van der Waals surface area contributed by atoms with Gasteiger partial charge in [-0.05, 0) is 42.5 Å². The highest BCUT2D eigenvalue weighted by Gasteiger charge is 2.56. The highest BCUT2D eigenvalue weighted by Crippen LogP contribution is 2.34. The maximum absolute atomic E-state index is 13.3. The molecule has 0 bridgehead atoms. The third-order valence-corrected chi connectivity index (χ3v) is 6.22. The Labute approximate surface area is 182 Å². The van der Waals surface area contributed by atoms with Crippen LogP contribution < -0.4 is 9.47 Å². The van der Waals surface area contributed by atoms with Gasteiger partial charge in [-0.15, -0.1) is 0 Å². The first kappa shape index (κ1) is 21.2. The molecule has 7 nitrogen and oxygen atoms in total. The van der Waals surface area contributed by atoms with E-state index in [1.807, 2.05) is 48.5 Å². The fourth-order valence-electron chi connectivity index (χ4n) is 4.60. The minimum atomic E-state index is -1.89. The van der Waals surface area contributed by atoms with Gasteiger partial charge in [0.15, 0.2) is 11.5 Å². The summed E-state index contributed by atoms with van der Waals surface area (Å²) in [5.74, 6) is 0.655. The van der Waals surface area contributed by atoms with E-state index in [9.17, 15) is 14.7 Å². The zero-order chi connectivity index (χ0) is 22.0. The molecule has 2 amide bonds. The van der Waals surface area contributed by atoms with Crippen LogP contribution in [0.4, 0.5) is 0 Å². The summed E-state index contributed by atoms with van der Waals surface area (Å²) >= 11 is 0. The van der Waals surface area contributed by atoms with Gasteiger partial charge in [0.25, 0.3) is 5.91 Å². The molecule has 4 rings (SSSR count). The number of methoxy groups -OCH3 is 2. The minimum Gasteiger partial charge on any atom is -0.493 e. The molecule has 2 fully saturated rings. The van der Waals surface area contributed by atoms with Crippen molar-refractivity contribution in [3.8, 4) is 11.5 Å². The second-order valence-corrected chi connectivity index (χ2v) is 8.06. The van der Waals surface area contributed by atoms with Crippen molar-refractivity contribution < 1.29 is 24.2 Å². The number of nitrogens with zero attached hydrogens (tertiary/aromatic N) is 2. The Kier molecular flexibility index (Phi) is 5.87. The molecule has 31 heavy (non-hydrogen) atoms. The molecule has 2 aliphatic heterocycles. The second kappa shape index (κ2) is 8.59. The smallest absolute Gasteiger partial charge is 0.277 e. The fraction of sp³-hybridized carbons (Fsp3) is 0.417. The highest BCUT2D eigenvalue weighted by molar-refractivity contribution is 5.99. The summed E-state index contributed by atoms with van der Waals surface area (Å²) in [5.41, 5.74) is -0.163. The normalized spacial score (nSPS) is 23.1. The predicted octanol–water partition coefficient (Wildman–Crippen LogP) is 2.01. The van der Waals surface area contributed by atoms with Crippen molar-refractivity contribution in [3.05, 3.63) is 59.7 Å². The quantitative estimate of drug-likeness (QED) is 0.736. The predicted molar refractivity (Wildman–Crippen MR) is 115 cm³/mol. The van der Waals surface area contributed by atoms with Gasteiger partial charge in [0.2, 0.25) is 11.6 Å². The molecule has 7 heteroatoms. The van der Waals surface area contributed by atoms with Crippen LogP contribution in [-0.2, 0) is 22.4 Å². The van der Waals surface area contributed by atoms with Gasteiger partial charge in [-0.1, -0.05) is 36.4 Å². The average Bonchev–Trinajstić information content (AvgIpc) is 3.28.